The minimum atomic E-state index is -2.65. The summed E-state index contributed by atoms with van der Waals surface area (Å²) in [4.78, 5) is 15.6. The van der Waals surface area contributed by atoms with Crippen molar-refractivity contribution in [2.24, 2.45) is 5.73 Å². The van der Waals surface area contributed by atoms with Crippen molar-refractivity contribution in [3.63, 3.8) is 0 Å². The molecule has 2 unspecified atom stereocenters. The maximum atomic E-state index is 11.6. The Bertz CT molecular complexity index is 896. The molecule has 0 saturated heterocycles. The van der Waals surface area contributed by atoms with Crippen molar-refractivity contribution in [3.8, 4) is 11.5 Å². The van der Waals surface area contributed by atoms with Gasteiger partial charge in [0.25, 0.3) is 5.91 Å². The highest BCUT2D eigenvalue weighted by Crippen LogP contribution is 2.38. The Hall–Kier alpha value is -2.61. The van der Waals surface area contributed by atoms with Gasteiger partial charge in [-0.3, -0.25) is 14.6 Å². The number of para-hydroxylation sites is 1. The molecule has 1 aromatic heterocycles. The number of primary amides is 1. The predicted octanol–water partition coefficient (Wildman–Crippen LogP) is 1.87. The number of nitrogens with one attached hydrogen (secondary N) is 1. The number of fused-ring (bicyclic) bond motifs is 1. The molecule has 3 N–H and O–H groups in total. The van der Waals surface area contributed by atoms with Crippen LogP contribution in [0, 0.1) is 4.78 Å². The average Bonchev–Trinajstić information content (AvgIpc) is 2.52. The van der Waals surface area contributed by atoms with Crippen LogP contribution in [0.5, 0.6) is 11.5 Å². The van der Waals surface area contributed by atoms with Gasteiger partial charge in [-0.15, -0.1) is 0 Å². The van der Waals surface area contributed by atoms with E-state index in [-0.39, 0.29) is 17.9 Å². The Morgan fingerprint density at radius 3 is 2.96 bits per heavy atom. The van der Waals surface area contributed by atoms with Gasteiger partial charge in [0, 0.05) is 33.9 Å². The third-order valence-corrected chi connectivity index (χ3v) is 4.41. The number of benzene rings is 1. The zero-order valence-electron chi connectivity index (χ0n) is 13.0. The highest BCUT2D eigenvalue weighted by Gasteiger charge is 2.26. The largest absolute Gasteiger partial charge is 0.485 e. The molecule has 0 radical (unpaired) electrons. The molecule has 0 fully saturated rings. The normalized spacial score (nSPS) is 18.6. The van der Waals surface area contributed by atoms with Gasteiger partial charge in [0.15, 0.2) is 17.6 Å². The molecule has 1 aliphatic heterocycles. The summed E-state index contributed by atoms with van der Waals surface area (Å²) in [6.45, 7) is 0.199. The van der Waals surface area contributed by atoms with Gasteiger partial charge in [0.05, 0.1) is 11.3 Å². The third-order valence-electron chi connectivity index (χ3n) is 3.52. The predicted molar refractivity (Wildman–Crippen MR) is 88.6 cm³/mol. The first-order valence-electron chi connectivity index (χ1n) is 7.21. The first-order valence-corrected chi connectivity index (χ1v) is 9.34. The molecule has 2 atom stereocenters. The van der Waals surface area contributed by atoms with Crippen molar-refractivity contribution < 1.29 is 18.5 Å². The lowest BCUT2D eigenvalue weighted by atomic mass is 10.1. The van der Waals surface area contributed by atoms with E-state index in [1.807, 2.05) is 6.07 Å². The standard InChI is InChI=1S/C16H17N3O4S/c1-24(18,21)9-10-5-11(7-19-6-10)14-8-22-15-12(16(17)20)3-2-4-13(15)23-14/h2-7,14,18H,8-9H2,1H3,(H2,17,20). The van der Waals surface area contributed by atoms with Crippen LogP contribution in [0.2, 0.25) is 0 Å². The topological polar surface area (TPSA) is 115 Å². The molecule has 1 aromatic carbocycles. The van der Waals surface area contributed by atoms with E-state index >= 15 is 0 Å². The van der Waals surface area contributed by atoms with Gasteiger partial charge in [0.2, 0.25) is 0 Å². The van der Waals surface area contributed by atoms with Crippen LogP contribution in [0.1, 0.15) is 27.6 Å². The maximum absolute atomic E-state index is 11.6. The number of nitrogens with two attached hydrogens (primary N) is 1. The molecular weight excluding hydrogens is 330 g/mol. The summed E-state index contributed by atoms with van der Waals surface area (Å²) < 4.78 is 30.8. The monoisotopic (exact) mass is 347 g/mol. The molecule has 0 saturated carbocycles. The Balaban J connectivity index is 1.87. The number of aromatic nitrogens is 1. The van der Waals surface area contributed by atoms with Crippen LogP contribution < -0.4 is 15.2 Å². The van der Waals surface area contributed by atoms with E-state index in [0.717, 1.165) is 5.56 Å². The number of pyridine rings is 1. The van der Waals surface area contributed by atoms with Crippen LogP contribution in [0.25, 0.3) is 0 Å². The molecule has 0 bridgehead atoms. The second kappa shape index (κ2) is 6.12. The van der Waals surface area contributed by atoms with Gasteiger partial charge >= 0.3 is 0 Å². The fourth-order valence-electron chi connectivity index (χ4n) is 2.54. The lowest BCUT2D eigenvalue weighted by Crippen LogP contribution is -2.24. The number of carbonyl (C=O) groups excluding carboxylic acids is 1. The van der Waals surface area contributed by atoms with E-state index in [4.69, 9.17) is 20.0 Å². The smallest absolute Gasteiger partial charge is 0.252 e. The van der Waals surface area contributed by atoms with Crippen LogP contribution in [0.15, 0.2) is 36.7 Å². The third kappa shape index (κ3) is 3.48. The van der Waals surface area contributed by atoms with E-state index < -0.39 is 21.7 Å². The van der Waals surface area contributed by atoms with E-state index in [2.05, 4.69) is 4.98 Å². The molecule has 2 heterocycles. The Labute approximate surface area is 139 Å². The molecule has 24 heavy (non-hydrogen) atoms. The number of carbonyl (C=O) groups is 1. The number of rotatable bonds is 4. The van der Waals surface area contributed by atoms with Gasteiger partial charge in [-0.1, -0.05) is 6.07 Å². The number of hydrogen-bond acceptors (Lipinski definition) is 6. The molecular formula is C16H17N3O4S. The maximum Gasteiger partial charge on any atom is 0.252 e. The van der Waals surface area contributed by atoms with Crippen LogP contribution in [-0.4, -0.2) is 28.0 Å². The van der Waals surface area contributed by atoms with Gasteiger partial charge < -0.3 is 15.2 Å². The number of nitrogens with zero attached hydrogens (tertiary/aromatic N) is 1. The second-order valence-electron chi connectivity index (χ2n) is 5.69. The van der Waals surface area contributed by atoms with Crippen molar-refractivity contribution in [3.05, 3.63) is 53.3 Å². The lowest BCUT2D eigenvalue weighted by molar-refractivity contribution is 0.0861. The summed E-state index contributed by atoms with van der Waals surface area (Å²) in [5.74, 6) is 0.329. The van der Waals surface area contributed by atoms with E-state index in [9.17, 15) is 9.00 Å². The first kappa shape index (κ1) is 16.3. The van der Waals surface area contributed by atoms with Crippen molar-refractivity contribution in [2.45, 2.75) is 11.9 Å². The van der Waals surface area contributed by atoms with E-state index in [0.29, 0.717) is 17.1 Å². The Morgan fingerprint density at radius 1 is 1.46 bits per heavy atom. The molecule has 0 spiro atoms. The van der Waals surface area contributed by atoms with Gasteiger partial charge in [-0.25, -0.2) is 4.21 Å². The van der Waals surface area contributed by atoms with Crippen LogP contribution in [0.4, 0.5) is 0 Å². The number of hydrogen-bond donors (Lipinski definition) is 2. The number of ether oxygens (including phenoxy) is 2. The van der Waals surface area contributed by atoms with Crippen LogP contribution in [-0.2, 0) is 15.5 Å². The minimum absolute atomic E-state index is 0.129. The van der Waals surface area contributed by atoms with Gasteiger partial charge in [0.1, 0.15) is 6.61 Å². The van der Waals surface area contributed by atoms with Gasteiger partial charge in [-0.2, -0.15) is 0 Å². The quantitative estimate of drug-likeness (QED) is 0.876. The highest BCUT2D eigenvalue weighted by molar-refractivity contribution is 7.90. The van der Waals surface area contributed by atoms with Crippen LogP contribution in [0.3, 0.4) is 0 Å². The first-order chi connectivity index (χ1) is 11.3. The summed E-state index contributed by atoms with van der Waals surface area (Å²) in [5.41, 5.74) is 7.07. The second-order valence-corrected chi connectivity index (χ2v) is 7.99. The molecule has 2 aromatic rings. The van der Waals surface area contributed by atoms with Crippen molar-refractivity contribution in [1.29, 1.82) is 4.78 Å². The molecule has 1 aliphatic rings. The molecule has 0 aliphatic carbocycles. The molecule has 7 nitrogen and oxygen atoms in total. The molecule has 8 heteroatoms. The summed E-state index contributed by atoms with van der Waals surface area (Å²) >= 11 is 0. The fraction of sp³-hybridized carbons (Fsp3) is 0.250. The highest BCUT2D eigenvalue weighted by atomic mass is 32.2. The molecule has 1 amide bonds. The minimum Gasteiger partial charge on any atom is -0.485 e. The van der Waals surface area contributed by atoms with Crippen molar-refractivity contribution >= 4 is 15.6 Å². The fourth-order valence-corrected chi connectivity index (χ4v) is 3.34. The summed E-state index contributed by atoms with van der Waals surface area (Å²) in [7, 11) is -2.65. The Morgan fingerprint density at radius 2 is 2.25 bits per heavy atom. The summed E-state index contributed by atoms with van der Waals surface area (Å²) in [6, 6.07) is 6.76. The lowest BCUT2D eigenvalue weighted by Gasteiger charge is -2.27. The van der Waals surface area contributed by atoms with Crippen molar-refractivity contribution in [1.82, 2.24) is 4.98 Å². The average molecular weight is 347 g/mol. The van der Waals surface area contributed by atoms with E-state index in [1.165, 1.54) is 6.26 Å². The summed E-state index contributed by atoms with van der Waals surface area (Å²) in [5, 5.41) is 0. The number of amides is 1. The van der Waals surface area contributed by atoms with Gasteiger partial charge in [-0.05, 0) is 23.8 Å². The zero-order valence-corrected chi connectivity index (χ0v) is 13.8. The van der Waals surface area contributed by atoms with Crippen LogP contribution >= 0.6 is 0 Å². The SMILES string of the molecule is CS(=N)(=O)Cc1cncc(C2COc3c(cccc3C(N)=O)O2)c1. The van der Waals surface area contributed by atoms with E-state index in [1.54, 1.807) is 30.6 Å². The Kier molecular flexibility index (Phi) is 4.15. The zero-order chi connectivity index (χ0) is 17.3. The molecule has 126 valence electrons. The summed E-state index contributed by atoms with van der Waals surface area (Å²) in [6.07, 6.45) is 4.21. The molecule has 3 rings (SSSR count). The van der Waals surface area contributed by atoms with Crippen molar-refractivity contribution in [2.75, 3.05) is 12.9 Å².